The van der Waals surface area contributed by atoms with Crippen LogP contribution in [0, 0.1) is 13.8 Å². The van der Waals surface area contributed by atoms with Crippen molar-refractivity contribution in [3.05, 3.63) is 53.3 Å². The predicted molar refractivity (Wildman–Crippen MR) is 111 cm³/mol. The molecule has 1 atom stereocenters. The van der Waals surface area contributed by atoms with Crippen molar-refractivity contribution in [1.82, 2.24) is 30.0 Å². The van der Waals surface area contributed by atoms with E-state index in [1.807, 2.05) is 24.8 Å². The number of hydrogen-bond acceptors (Lipinski definition) is 7. The Morgan fingerprint density at radius 3 is 2.70 bits per heavy atom. The zero-order valence-corrected chi connectivity index (χ0v) is 17.6. The van der Waals surface area contributed by atoms with Crippen LogP contribution in [-0.4, -0.2) is 42.4 Å². The van der Waals surface area contributed by atoms with E-state index >= 15 is 0 Å². The number of rotatable bonds is 5. The SMILES string of the molecule is CCCc1ncc(-c2cc(C)no2)c([C@@H]2CCCCN2C(=O)c2cnc(C)cn2)n1. The first-order chi connectivity index (χ1) is 14.6. The van der Waals surface area contributed by atoms with Crippen LogP contribution in [0.25, 0.3) is 11.3 Å². The fourth-order valence-corrected chi connectivity index (χ4v) is 3.82. The second-order valence-corrected chi connectivity index (χ2v) is 7.72. The van der Waals surface area contributed by atoms with Gasteiger partial charge in [0.25, 0.3) is 5.91 Å². The summed E-state index contributed by atoms with van der Waals surface area (Å²) < 4.78 is 5.52. The maximum Gasteiger partial charge on any atom is 0.274 e. The molecule has 0 N–H and O–H groups in total. The highest BCUT2D eigenvalue weighted by atomic mass is 16.5. The zero-order valence-electron chi connectivity index (χ0n) is 17.6. The van der Waals surface area contributed by atoms with E-state index in [0.717, 1.165) is 60.6 Å². The quantitative estimate of drug-likeness (QED) is 0.634. The third-order valence-electron chi connectivity index (χ3n) is 5.31. The Labute approximate surface area is 175 Å². The zero-order chi connectivity index (χ0) is 21.1. The van der Waals surface area contributed by atoms with Gasteiger partial charge in [-0.05, 0) is 39.5 Å². The number of carbonyl (C=O) groups is 1. The van der Waals surface area contributed by atoms with E-state index in [0.29, 0.717) is 18.0 Å². The lowest BCUT2D eigenvalue weighted by Gasteiger charge is -2.35. The minimum absolute atomic E-state index is 0.123. The van der Waals surface area contributed by atoms with Gasteiger partial charge in [0.2, 0.25) is 0 Å². The summed E-state index contributed by atoms with van der Waals surface area (Å²) >= 11 is 0. The molecule has 4 heterocycles. The predicted octanol–water partition coefficient (Wildman–Crippen LogP) is 3.86. The van der Waals surface area contributed by atoms with Crippen LogP contribution in [0.2, 0.25) is 0 Å². The number of carbonyl (C=O) groups excluding carboxylic acids is 1. The smallest absolute Gasteiger partial charge is 0.274 e. The molecule has 0 aliphatic carbocycles. The molecule has 1 saturated heterocycles. The minimum Gasteiger partial charge on any atom is -0.356 e. The molecular weight excluding hydrogens is 380 g/mol. The third kappa shape index (κ3) is 4.08. The van der Waals surface area contributed by atoms with Gasteiger partial charge in [0, 0.05) is 31.4 Å². The van der Waals surface area contributed by atoms with Gasteiger partial charge in [0.05, 0.1) is 34.9 Å². The molecule has 3 aromatic heterocycles. The molecule has 1 amide bonds. The van der Waals surface area contributed by atoms with Crippen LogP contribution in [0.15, 0.2) is 29.2 Å². The van der Waals surface area contributed by atoms with Crippen LogP contribution in [0.5, 0.6) is 0 Å². The maximum absolute atomic E-state index is 13.3. The van der Waals surface area contributed by atoms with Gasteiger partial charge < -0.3 is 9.42 Å². The van der Waals surface area contributed by atoms with E-state index < -0.39 is 0 Å². The molecule has 8 heteroatoms. The Hall–Kier alpha value is -3.16. The molecule has 3 aromatic rings. The monoisotopic (exact) mass is 406 g/mol. The first-order valence-electron chi connectivity index (χ1n) is 10.5. The van der Waals surface area contributed by atoms with Crippen LogP contribution in [0.1, 0.15) is 72.0 Å². The van der Waals surface area contributed by atoms with Crippen molar-refractivity contribution < 1.29 is 9.32 Å². The molecule has 8 nitrogen and oxygen atoms in total. The van der Waals surface area contributed by atoms with Gasteiger partial charge in [-0.1, -0.05) is 12.1 Å². The van der Waals surface area contributed by atoms with Crippen molar-refractivity contribution in [3.8, 4) is 11.3 Å². The first-order valence-corrected chi connectivity index (χ1v) is 10.5. The third-order valence-corrected chi connectivity index (χ3v) is 5.31. The molecule has 0 radical (unpaired) electrons. The van der Waals surface area contributed by atoms with Gasteiger partial charge in [-0.25, -0.2) is 15.0 Å². The molecule has 1 aliphatic rings. The normalized spacial score (nSPS) is 16.6. The molecule has 156 valence electrons. The minimum atomic E-state index is -0.173. The first kappa shape index (κ1) is 20.1. The highest BCUT2D eigenvalue weighted by Gasteiger charge is 2.33. The van der Waals surface area contributed by atoms with Crippen LogP contribution in [0.3, 0.4) is 0 Å². The number of nitrogens with zero attached hydrogens (tertiary/aromatic N) is 6. The van der Waals surface area contributed by atoms with Crippen molar-refractivity contribution >= 4 is 5.91 Å². The van der Waals surface area contributed by atoms with E-state index in [4.69, 9.17) is 9.51 Å². The number of aromatic nitrogens is 5. The highest BCUT2D eigenvalue weighted by molar-refractivity contribution is 5.92. The van der Waals surface area contributed by atoms with Crippen LogP contribution in [0.4, 0.5) is 0 Å². The van der Waals surface area contributed by atoms with Gasteiger partial charge in [-0.2, -0.15) is 0 Å². The number of likely N-dealkylation sites (tertiary alicyclic amines) is 1. The topological polar surface area (TPSA) is 97.9 Å². The van der Waals surface area contributed by atoms with Gasteiger partial charge in [-0.3, -0.25) is 9.78 Å². The van der Waals surface area contributed by atoms with E-state index in [1.165, 1.54) is 0 Å². The van der Waals surface area contributed by atoms with Gasteiger partial charge >= 0.3 is 0 Å². The lowest BCUT2D eigenvalue weighted by atomic mass is 9.95. The van der Waals surface area contributed by atoms with Crippen molar-refractivity contribution in [2.24, 2.45) is 0 Å². The van der Waals surface area contributed by atoms with Gasteiger partial charge in [0.1, 0.15) is 11.5 Å². The molecule has 1 fully saturated rings. The Morgan fingerprint density at radius 1 is 1.13 bits per heavy atom. The number of amides is 1. The lowest BCUT2D eigenvalue weighted by molar-refractivity contribution is 0.0599. The number of piperidine rings is 1. The van der Waals surface area contributed by atoms with Gasteiger partial charge in [-0.15, -0.1) is 0 Å². The summed E-state index contributed by atoms with van der Waals surface area (Å²) in [5, 5.41) is 4.02. The van der Waals surface area contributed by atoms with Crippen LogP contribution < -0.4 is 0 Å². The van der Waals surface area contributed by atoms with Crippen LogP contribution >= 0.6 is 0 Å². The van der Waals surface area contributed by atoms with E-state index in [2.05, 4.69) is 27.0 Å². The summed E-state index contributed by atoms with van der Waals surface area (Å²) in [5.41, 5.74) is 3.53. The standard InChI is InChI=1S/C22H26N6O2/c1-4-7-20-25-12-16(19-10-14(2)27-30-19)21(26-20)18-8-5-6-9-28(18)22(29)17-13-23-15(3)11-24-17/h10-13,18H,4-9H2,1-3H3/t18-/m0/s1. The summed E-state index contributed by atoms with van der Waals surface area (Å²) in [6.45, 7) is 6.49. The second kappa shape index (κ2) is 8.69. The molecule has 0 bridgehead atoms. The van der Waals surface area contributed by atoms with Crippen LogP contribution in [-0.2, 0) is 6.42 Å². The molecule has 4 rings (SSSR count). The molecule has 30 heavy (non-hydrogen) atoms. The van der Waals surface area contributed by atoms with Crippen molar-refractivity contribution in [2.45, 2.75) is 58.9 Å². The Kier molecular flexibility index (Phi) is 5.83. The molecular formula is C22H26N6O2. The van der Waals surface area contributed by atoms with E-state index in [9.17, 15) is 4.79 Å². The fraction of sp³-hybridized carbons (Fsp3) is 0.455. The summed E-state index contributed by atoms with van der Waals surface area (Å²) in [7, 11) is 0. The Balaban J connectivity index is 1.76. The summed E-state index contributed by atoms with van der Waals surface area (Å²) in [4.78, 5) is 33.1. The summed E-state index contributed by atoms with van der Waals surface area (Å²) in [5.74, 6) is 1.28. The molecule has 0 aromatic carbocycles. The van der Waals surface area contributed by atoms with Crippen molar-refractivity contribution in [3.63, 3.8) is 0 Å². The summed E-state index contributed by atoms with van der Waals surface area (Å²) in [6, 6.07) is 1.70. The van der Waals surface area contributed by atoms with Gasteiger partial charge in [0.15, 0.2) is 5.76 Å². The summed E-state index contributed by atoms with van der Waals surface area (Å²) in [6.07, 6.45) is 9.51. The maximum atomic E-state index is 13.3. The molecule has 0 unspecified atom stereocenters. The lowest BCUT2D eigenvalue weighted by Crippen LogP contribution is -2.39. The fourth-order valence-electron chi connectivity index (χ4n) is 3.82. The molecule has 1 aliphatic heterocycles. The Morgan fingerprint density at radius 2 is 2.00 bits per heavy atom. The van der Waals surface area contributed by atoms with Crippen molar-refractivity contribution in [1.29, 1.82) is 0 Å². The van der Waals surface area contributed by atoms with E-state index in [1.54, 1.807) is 18.6 Å². The average Bonchev–Trinajstić information content (AvgIpc) is 3.20. The molecule has 0 saturated carbocycles. The van der Waals surface area contributed by atoms with E-state index in [-0.39, 0.29) is 11.9 Å². The largest absolute Gasteiger partial charge is 0.356 e. The highest BCUT2D eigenvalue weighted by Crippen LogP contribution is 2.36. The van der Waals surface area contributed by atoms with Crippen molar-refractivity contribution in [2.75, 3.05) is 6.54 Å². The average molecular weight is 406 g/mol. The molecule has 0 spiro atoms. The number of aryl methyl sites for hydroxylation is 3. The number of hydrogen-bond donors (Lipinski definition) is 0. The Bertz CT molecular complexity index is 1030. The second-order valence-electron chi connectivity index (χ2n) is 7.72.